The van der Waals surface area contributed by atoms with Crippen LogP contribution >= 0.6 is 0 Å². The molecule has 0 amide bonds. The van der Waals surface area contributed by atoms with Crippen LogP contribution in [0.2, 0.25) is 0 Å². The zero-order chi connectivity index (χ0) is 20.4. The van der Waals surface area contributed by atoms with Gasteiger partial charge in [-0.15, -0.1) is 0 Å². The first-order chi connectivity index (χ1) is 14.0. The molecule has 1 aliphatic rings. The number of nitrogens with zero attached hydrogens (tertiary/aromatic N) is 5. The molecule has 0 saturated carbocycles. The lowest BCUT2D eigenvalue weighted by molar-refractivity contribution is 0.125. The summed E-state index contributed by atoms with van der Waals surface area (Å²) < 4.78 is 34.3. The highest BCUT2D eigenvalue weighted by Gasteiger charge is 2.33. The molecule has 1 aliphatic heterocycles. The van der Waals surface area contributed by atoms with E-state index in [1.807, 2.05) is 31.1 Å². The number of pyridine rings is 1. The fourth-order valence-electron chi connectivity index (χ4n) is 3.51. The number of sulfonamides is 1. The van der Waals surface area contributed by atoms with Crippen LogP contribution in [0.5, 0.6) is 5.88 Å². The molecule has 0 spiro atoms. The summed E-state index contributed by atoms with van der Waals surface area (Å²) in [6.07, 6.45) is 5.95. The van der Waals surface area contributed by atoms with Crippen molar-refractivity contribution in [3.8, 4) is 5.88 Å². The van der Waals surface area contributed by atoms with Gasteiger partial charge in [0.1, 0.15) is 11.0 Å². The first-order valence-corrected chi connectivity index (χ1v) is 10.9. The second-order valence-corrected chi connectivity index (χ2v) is 9.06. The first kappa shape index (κ1) is 19.5. The van der Waals surface area contributed by atoms with E-state index < -0.39 is 10.0 Å². The van der Waals surface area contributed by atoms with E-state index in [0.29, 0.717) is 30.2 Å². The molecular weight excluding hydrogens is 390 g/mol. The molecule has 0 N–H and O–H groups in total. The van der Waals surface area contributed by atoms with E-state index in [4.69, 9.17) is 4.74 Å². The maximum atomic E-state index is 13.4. The molecule has 1 saturated heterocycles. The van der Waals surface area contributed by atoms with E-state index in [2.05, 4.69) is 15.0 Å². The van der Waals surface area contributed by atoms with Crippen molar-refractivity contribution in [3.05, 3.63) is 48.9 Å². The molecule has 3 aromatic rings. The van der Waals surface area contributed by atoms with E-state index in [9.17, 15) is 8.42 Å². The molecule has 1 unspecified atom stereocenters. The van der Waals surface area contributed by atoms with Gasteiger partial charge < -0.3 is 9.64 Å². The average molecular weight is 414 g/mol. The number of fused-ring (bicyclic) bond motifs is 1. The number of rotatable bonds is 5. The van der Waals surface area contributed by atoms with E-state index in [0.717, 1.165) is 11.8 Å². The van der Waals surface area contributed by atoms with Gasteiger partial charge in [-0.25, -0.2) is 18.4 Å². The minimum absolute atomic E-state index is 0.227. The Morgan fingerprint density at radius 2 is 1.86 bits per heavy atom. The van der Waals surface area contributed by atoms with Crippen LogP contribution in [0.25, 0.3) is 10.9 Å². The lowest BCUT2D eigenvalue weighted by Crippen LogP contribution is -2.44. The van der Waals surface area contributed by atoms with Crippen LogP contribution in [0, 0.1) is 0 Å². The second-order valence-electron chi connectivity index (χ2n) is 7.16. The van der Waals surface area contributed by atoms with Crippen molar-refractivity contribution in [2.45, 2.75) is 23.8 Å². The predicted molar refractivity (Wildman–Crippen MR) is 111 cm³/mol. The second kappa shape index (κ2) is 7.92. The molecule has 8 nitrogen and oxygen atoms in total. The maximum absolute atomic E-state index is 13.4. The van der Waals surface area contributed by atoms with Gasteiger partial charge in [0, 0.05) is 44.6 Å². The molecule has 0 bridgehead atoms. The number of aromatic nitrogens is 3. The Morgan fingerprint density at radius 3 is 2.69 bits per heavy atom. The normalized spacial score (nSPS) is 17.9. The van der Waals surface area contributed by atoms with Crippen LogP contribution in [-0.2, 0) is 10.0 Å². The van der Waals surface area contributed by atoms with Crippen LogP contribution < -0.4 is 9.64 Å². The molecular formula is C20H23N5O3S. The highest BCUT2D eigenvalue weighted by Crippen LogP contribution is 2.28. The number of hydrogen-bond donors (Lipinski definition) is 0. The van der Waals surface area contributed by atoms with Crippen LogP contribution in [0.4, 0.5) is 5.82 Å². The summed E-state index contributed by atoms with van der Waals surface area (Å²) in [5, 5.41) is 0.800. The van der Waals surface area contributed by atoms with Crippen molar-refractivity contribution in [2.75, 3.05) is 32.1 Å². The zero-order valence-corrected chi connectivity index (χ0v) is 17.2. The van der Waals surface area contributed by atoms with Gasteiger partial charge in [-0.05, 0) is 25.0 Å². The van der Waals surface area contributed by atoms with Gasteiger partial charge in [-0.1, -0.05) is 18.2 Å². The SMILES string of the molecule is CN(C)c1nccnc1OC1CCCN(S(=O)(=O)c2cccc3cccnc23)C1. The van der Waals surface area contributed by atoms with Crippen LogP contribution in [-0.4, -0.2) is 61.0 Å². The van der Waals surface area contributed by atoms with Crippen molar-refractivity contribution in [1.82, 2.24) is 19.3 Å². The van der Waals surface area contributed by atoms with Crippen molar-refractivity contribution in [3.63, 3.8) is 0 Å². The van der Waals surface area contributed by atoms with Gasteiger partial charge >= 0.3 is 0 Å². The molecule has 29 heavy (non-hydrogen) atoms. The Bertz CT molecular complexity index is 1110. The Hall–Kier alpha value is -2.78. The molecule has 9 heteroatoms. The van der Waals surface area contributed by atoms with Crippen molar-refractivity contribution >= 4 is 26.7 Å². The zero-order valence-electron chi connectivity index (χ0n) is 16.4. The molecule has 0 radical (unpaired) electrons. The quantitative estimate of drug-likeness (QED) is 0.634. The minimum atomic E-state index is -3.70. The smallest absolute Gasteiger partial charge is 0.257 e. The average Bonchev–Trinajstić information content (AvgIpc) is 2.74. The summed E-state index contributed by atoms with van der Waals surface area (Å²) in [4.78, 5) is 14.9. The lowest BCUT2D eigenvalue weighted by atomic mass is 10.1. The summed E-state index contributed by atoms with van der Waals surface area (Å²) in [7, 11) is 0.0303. The third-order valence-electron chi connectivity index (χ3n) is 4.90. The molecule has 1 fully saturated rings. The van der Waals surface area contributed by atoms with Crippen LogP contribution in [0.3, 0.4) is 0 Å². The molecule has 1 aromatic carbocycles. The minimum Gasteiger partial charge on any atom is -0.470 e. The Morgan fingerprint density at radius 1 is 1.07 bits per heavy atom. The van der Waals surface area contributed by atoms with Gasteiger partial charge in [0.2, 0.25) is 10.0 Å². The van der Waals surface area contributed by atoms with Crippen molar-refractivity contribution in [2.24, 2.45) is 0 Å². The van der Waals surface area contributed by atoms with Gasteiger partial charge in [-0.3, -0.25) is 4.98 Å². The first-order valence-electron chi connectivity index (χ1n) is 9.45. The number of piperidine rings is 1. The summed E-state index contributed by atoms with van der Waals surface area (Å²) in [6, 6.07) is 8.88. The van der Waals surface area contributed by atoms with Crippen molar-refractivity contribution < 1.29 is 13.2 Å². The number of anilines is 1. The highest BCUT2D eigenvalue weighted by atomic mass is 32.2. The standard InChI is InChI=1S/C20H23N5O3S/c1-24(2)19-20(23-12-11-22-19)28-16-8-5-13-25(14-16)29(26,27)17-9-3-6-15-7-4-10-21-18(15)17/h3-4,6-7,9-12,16H,5,8,13-14H2,1-2H3. The van der Waals surface area contributed by atoms with Crippen LogP contribution in [0.15, 0.2) is 53.8 Å². The maximum Gasteiger partial charge on any atom is 0.257 e. The summed E-state index contributed by atoms with van der Waals surface area (Å²) in [5.41, 5.74) is 0.488. The fraction of sp³-hybridized carbons (Fsp3) is 0.350. The summed E-state index contributed by atoms with van der Waals surface area (Å²) >= 11 is 0. The Kier molecular flexibility index (Phi) is 5.33. The molecule has 0 aliphatic carbocycles. The molecule has 1 atom stereocenters. The van der Waals surface area contributed by atoms with E-state index in [1.165, 1.54) is 4.31 Å². The third-order valence-corrected chi connectivity index (χ3v) is 6.80. The number of para-hydroxylation sites is 1. The van der Waals surface area contributed by atoms with E-state index in [-0.39, 0.29) is 17.5 Å². The van der Waals surface area contributed by atoms with Crippen LogP contribution in [0.1, 0.15) is 12.8 Å². The van der Waals surface area contributed by atoms with Gasteiger partial charge in [0.25, 0.3) is 5.88 Å². The molecule has 152 valence electrons. The Balaban J connectivity index is 1.60. The topological polar surface area (TPSA) is 88.5 Å². The number of ether oxygens (including phenoxy) is 1. The number of hydrogen-bond acceptors (Lipinski definition) is 7. The largest absolute Gasteiger partial charge is 0.470 e. The highest BCUT2D eigenvalue weighted by molar-refractivity contribution is 7.89. The summed E-state index contributed by atoms with van der Waals surface area (Å²) in [6.45, 7) is 0.710. The predicted octanol–water partition coefficient (Wildman–Crippen LogP) is 2.32. The van der Waals surface area contributed by atoms with E-state index in [1.54, 1.807) is 36.8 Å². The molecule has 2 aromatic heterocycles. The molecule has 3 heterocycles. The lowest BCUT2D eigenvalue weighted by Gasteiger charge is -2.32. The van der Waals surface area contributed by atoms with Gasteiger partial charge in [0.05, 0.1) is 12.1 Å². The summed E-state index contributed by atoms with van der Waals surface area (Å²) in [5.74, 6) is 1.03. The van der Waals surface area contributed by atoms with Gasteiger partial charge in [0.15, 0.2) is 5.82 Å². The monoisotopic (exact) mass is 413 g/mol. The molecule has 4 rings (SSSR count). The fourth-order valence-corrected chi connectivity index (χ4v) is 5.18. The Labute approximate surface area is 170 Å². The van der Waals surface area contributed by atoms with Gasteiger partial charge in [-0.2, -0.15) is 4.31 Å². The van der Waals surface area contributed by atoms with E-state index >= 15 is 0 Å². The van der Waals surface area contributed by atoms with Crippen molar-refractivity contribution in [1.29, 1.82) is 0 Å². The third kappa shape index (κ3) is 3.88. The number of benzene rings is 1.